The van der Waals surface area contributed by atoms with Gasteiger partial charge in [0.25, 0.3) is 0 Å². The van der Waals surface area contributed by atoms with Crippen LogP contribution in [0.5, 0.6) is 0 Å². The van der Waals surface area contributed by atoms with Crippen molar-refractivity contribution in [3.05, 3.63) is 0 Å². The van der Waals surface area contributed by atoms with Gasteiger partial charge in [-0.2, -0.15) is 0 Å². The Bertz CT molecular complexity index is 251. The molecule has 1 aromatic rings. The Morgan fingerprint density at radius 3 is 2.73 bits per heavy atom. The minimum absolute atomic E-state index is 0. The van der Waals surface area contributed by atoms with Crippen molar-refractivity contribution in [1.82, 2.24) is 20.2 Å². The van der Waals surface area contributed by atoms with Crippen LogP contribution < -0.4 is 29.6 Å². The standard InChI is InChI=1S/C3H4N4O2S.Na/c8-2(9)1-7-3(10)4-5-6-7;/h1H2,(H,8,9)(H,4,6,10);/q;+1/p-1. The number of aromatic nitrogens is 4. The summed E-state index contributed by atoms with van der Waals surface area (Å²) in [5.41, 5.74) is 0. The second kappa shape index (κ2) is 4.60. The topological polar surface area (TPSA) is 80.9 Å². The first kappa shape index (κ1) is 10.8. The summed E-state index contributed by atoms with van der Waals surface area (Å²) in [6.45, 7) is -0.286. The van der Waals surface area contributed by atoms with Crippen molar-refractivity contribution in [3.8, 4) is 0 Å². The van der Waals surface area contributed by atoms with Crippen LogP contribution in [0.3, 0.4) is 0 Å². The molecule has 54 valence electrons. The molecule has 1 aromatic heterocycles. The first-order valence-electron chi connectivity index (χ1n) is 2.35. The van der Waals surface area contributed by atoms with Gasteiger partial charge in [0.05, 0.1) is 0 Å². The molecule has 0 saturated carbocycles. The Morgan fingerprint density at radius 2 is 2.36 bits per heavy atom. The number of nitrogens with zero attached hydrogens (tertiary/aromatic N) is 4. The molecule has 0 atom stereocenters. The van der Waals surface area contributed by atoms with Crippen molar-refractivity contribution in [3.63, 3.8) is 0 Å². The quantitative estimate of drug-likeness (QED) is 0.368. The van der Waals surface area contributed by atoms with Crippen LogP contribution in [-0.2, 0) is 24.0 Å². The summed E-state index contributed by atoms with van der Waals surface area (Å²) in [5, 5.41) is 18.2. The van der Waals surface area contributed by atoms with E-state index in [9.17, 15) is 4.79 Å². The fourth-order valence-corrected chi connectivity index (χ4v) is 0.561. The molecule has 0 saturated heterocycles. The number of carbonyl (C=O) groups is 1. The monoisotopic (exact) mass is 182 g/mol. The van der Waals surface area contributed by atoms with Gasteiger partial charge in [-0.15, -0.1) is 5.10 Å². The maximum absolute atomic E-state index is 10.1. The molecule has 1 rings (SSSR count). The molecule has 0 aliphatic heterocycles. The van der Waals surface area contributed by atoms with Crippen LogP contribution in [0.4, 0.5) is 0 Å². The van der Waals surface area contributed by atoms with Gasteiger partial charge in [-0.25, -0.2) is 4.68 Å². The molecule has 0 aromatic carbocycles. The third kappa shape index (κ3) is 3.10. The Labute approximate surface area is 89.7 Å². The molecule has 0 aliphatic rings. The minimum atomic E-state index is -1.02. The molecular weight excluding hydrogens is 179 g/mol. The molecule has 8 heteroatoms. The van der Waals surface area contributed by atoms with E-state index in [1.54, 1.807) is 0 Å². The van der Waals surface area contributed by atoms with Gasteiger partial charge in [-0.05, 0) is 10.4 Å². The van der Waals surface area contributed by atoms with Gasteiger partial charge in [0.1, 0.15) is 6.54 Å². The SMILES string of the molecule is O=C(O)Cn1nnnc1[S-].[Na+]. The number of hydrogen-bond acceptors (Lipinski definition) is 5. The van der Waals surface area contributed by atoms with E-state index in [4.69, 9.17) is 5.11 Å². The molecule has 1 heterocycles. The van der Waals surface area contributed by atoms with Gasteiger partial charge < -0.3 is 17.7 Å². The first-order chi connectivity index (χ1) is 4.70. The van der Waals surface area contributed by atoms with Gasteiger partial charge in [0.15, 0.2) is 0 Å². The summed E-state index contributed by atoms with van der Waals surface area (Å²) < 4.78 is 1.03. The second-order valence-corrected chi connectivity index (χ2v) is 1.88. The maximum atomic E-state index is 10.1. The van der Waals surface area contributed by atoms with Crippen LogP contribution in [-0.4, -0.2) is 31.3 Å². The van der Waals surface area contributed by atoms with Gasteiger partial charge >= 0.3 is 35.5 Å². The largest absolute Gasteiger partial charge is 1.00 e. The molecule has 0 bridgehead atoms. The molecule has 0 fully saturated rings. The fraction of sp³-hybridized carbons (Fsp3) is 0.333. The van der Waals surface area contributed by atoms with Gasteiger partial charge in [-0.3, -0.25) is 4.79 Å². The molecule has 11 heavy (non-hydrogen) atoms. The Kier molecular flexibility index (Phi) is 4.50. The van der Waals surface area contributed by atoms with Crippen molar-refractivity contribution in [2.75, 3.05) is 0 Å². The smallest absolute Gasteiger partial charge is 0.739 e. The van der Waals surface area contributed by atoms with Crippen molar-refractivity contribution in [1.29, 1.82) is 0 Å². The van der Waals surface area contributed by atoms with Gasteiger partial charge in [-0.1, -0.05) is 0 Å². The molecule has 0 spiro atoms. The fourth-order valence-electron chi connectivity index (χ4n) is 0.424. The summed E-state index contributed by atoms with van der Waals surface area (Å²) in [7, 11) is 0. The number of rotatable bonds is 2. The van der Waals surface area contributed by atoms with Gasteiger partial charge in [0, 0.05) is 5.16 Å². The molecule has 0 aliphatic carbocycles. The van der Waals surface area contributed by atoms with E-state index in [-0.39, 0.29) is 41.3 Å². The van der Waals surface area contributed by atoms with E-state index in [1.165, 1.54) is 0 Å². The minimum Gasteiger partial charge on any atom is -0.739 e. The van der Waals surface area contributed by atoms with E-state index >= 15 is 0 Å². The van der Waals surface area contributed by atoms with Crippen LogP contribution >= 0.6 is 0 Å². The van der Waals surface area contributed by atoms with E-state index < -0.39 is 5.97 Å². The summed E-state index contributed by atoms with van der Waals surface area (Å²) >= 11 is 4.57. The molecule has 0 radical (unpaired) electrons. The second-order valence-electron chi connectivity index (χ2n) is 1.51. The molecule has 1 N–H and O–H groups in total. The zero-order chi connectivity index (χ0) is 7.56. The molecule has 6 nitrogen and oxygen atoms in total. The summed E-state index contributed by atoms with van der Waals surface area (Å²) in [6.07, 6.45) is 0. The zero-order valence-electron chi connectivity index (χ0n) is 5.76. The van der Waals surface area contributed by atoms with Crippen molar-refractivity contribution in [2.24, 2.45) is 0 Å². The van der Waals surface area contributed by atoms with Crippen LogP contribution in [0.25, 0.3) is 0 Å². The maximum Gasteiger partial charge on any atom is 1.00 e. The molecular formula is C3H3N4NaO2S. The zero-order valence-corrected chi connectivity index (χ0v) is 8.58. The Hall–Kier alpha value is -0.240. The normalized spacial score (nSPS) is 8.73. The number of carboxylic acid groups (broad SMARTS) is 1. The van der Waals surface area contributed by atoms with Crippen molar-refractivity contribution < 1.29 is 39.5 Å². The van der Waals surface area contributed by atoms with Crippen LogP contribution in [0, 0.1) is 0 Å². The van der Waals surface area contributed by atoms with Crippen LogP contribution in [0.2, 0.25) is 0 Å². The Morgan fingerprint density at radius 1 is 1.73 bits per heavy atom. The number of aliphatic carboxylic acids is 1. The predicted octanol–water partition coefficient (Wildman–Crippen LogP) is -4.33. The molecule has 0 amide bonds. The number of hydrogen-bond donors (Lipinski definition) is 1. The van der Waals surface area contributed by atoms with Gasteiger partial charge in [0.2, 0.25) is 0 Å². The number of carboxylic acids is 1. The average molecular weight is 182 g/mol. The van der Waals surface area contributed by atoms with Crippen molar-refractivity contribution >= 4 is 18.6 Å². The first-order valence-corrected chi connectivity index (χ1v) is 2.76. The van der Waals surface area contributed by atoms with E-state index in [2.05, 4.69) is 28.2 Å². The van der Waals surface area contributed by atoms with E-state index in [0.717, 1.165) is 4.68 Å². The molecule has 0 unspecified atom stereocenters. The third-order valence-corrected chi connectivity index (χ3v) is 1.08. The average Bonchev–Trinajstić information content (AvgIpc) is 2.15. The predicted molar refractivity (Wildman–Crippen MR) is 31.1 cm³/mol. The Balaban J connectivity index is 0.000001000. The van der Waals surface area contributed by atoms with E-state index in [0.29, 0.717) is 0 Å². The van der Waals surface area contributed by atoms with Crippen molar-refractivity contribution in [2.45, 2.75) is 11.7 Å². The summed E-state index contributed by atoms with van der Waals surface area (Å²) in [4.78, 5) is 10.1. The van der Waals surface area contributed by atoms with Crippen LogP contribution in [0.1, 0.15) is 0 Å². The third-order valence-electron chi connectivity index (χ3n) is 0.784. The number of tetrazole rings is 1. The van der Waals surface area contributed by atoms with E-state index in [1.807, 2.05) is 0 Å². The van der Waals surface area contributed by atoms with Crippen LogP contribution in [0.15, 0.2) is 5.16 Å². The summed E-state index contributed by atoms with van der Waals surface area (Å²) in [5.74, 6) is -1.02. The summed E-state index contributed by atoms with van der Waals surface area (Å²) in [6, 6.07) is 0.